The fraction of sp³-hybridized carbons (Fsp3) is 0. The number of halogens is 1. The van der Waals surface area contributed by atoms with E-state index in [-0.39, 0.29) is 11.4 Å². The smallest absolute Gasteiger partial charge is 0.258 e. The Hall–Kier alpha value is -1.59. The van der Waals surface area contributed by atoms with E-state index in [1.54, 1.807) is 0 Å². The number of benzene rings is 1. The molecule has 0 saturated heterocycles. The van der Waals surface area contributed by atoms with Crippen molar-refractivity contribution in [2.24, 2.45) is 5.11 Å². The van der Waals surface area contributed by atoms with Crippen molar-refractivity contribution in [3.63, 3.8) is 0 Å². The van der Waals surface area contributed by atoms with Crippen molar-refractivity contribution in [2.45, 2.75) is 0 Å². The summed E-state index contributed by atoms with van der Waals surface area (Å²) >= 11 is 3.01. The van der Waals surface area contributed by atoms with E-state index in [0.717, 1.165) is 0 Å². The second-order valence-electron chi connectivity index (χ2n) is 2.08. The SMILES string of the molecule is [N-]=[N+]=Nc1ccc(Br)c([N+](=O)[O-])c1. The first-order valence-corrected chi connectivity index (χ1v) is 3.93. The van der Waals surface area contributed by atoms with E-state index in [4.69, 9.17) is 5.53 Å². The van der Waals surface area contributed by atoms with E-state index in [1.165, 1.54) is 18.2 Å². The molecule has 0 aliphatic carbocycles. The highest BCUT2D eigenvalue weighted by molar-refractivity contribution is 9.10. The Balaban J connectivity index is 3.26. The van der Waals surface area contributed by atoms with Crippen molar-refractivity contribution in [3.8, 4) is 0 Å². The lowest BCUT2D eigenvalue weighted by Gasteiger charge is -1.95. The van der Waals surface area contributed by atoms with Gasteiger partial charge in [-0.25, -0.2) is 0 Å². The van der Waals surface area contributed by atoms with Gasteiger partial charge in [-0.1, -0.05) is 11.2 Å². The lowest BCUT2D eigenvalue weighted by atomic mass is 10.3. The van der Waals surface area contributed by atoms with Crippen molar-refractivity contribution in [2.75, 3.05) is 0 Å². The predicted octanol–water partition coefficient (Wildman–Crippen LogP) is 3.30. The summed E-state index contributed by atoms with van der Waals surface area (Å²) in [5, 5.41) is 13.7. The van der Waals surface area contributed by atoms with Gasteiger partial charge in [-0.3, -0.25) is 10.1 Å². The van der Waals surface area contributed by atoms with Gasteiger partial charge in [0.15, 0.2) is 0 Å². The van der Waals surface area contributed by atoms with Crippen LogP contribution in [0.25, 0.3) is 10.4 Å². The fourth-order valence-corrected chi connectivity index (χ4v) is 1.15. The molecular weight excluding hydrogens is 240 g/mol. The van der Waals surface area contributed by atoms with Crippen LogP contribution in [0.1, 0.15) is 0 Å². The summed E-state index contributed by atoms with van der Waals surface area (Å²) in [7, 11) is 0. The van der Waals surface area contributed by atoms with Gasteiger partial charge in [0, 0.05) is 16.7 Å². The summed E-state index contributed by atoms with van der Waals surface area (Å²) in [6.07, 6.45) is 0. The third-order valence-corrected chi connectivity index (χ3v) is 1.96. The number of nitrogens with zero attached hydrogens (tertiary/aromatic N) is 4. The molecular formula is C6H3BrN4O2. The van der Waals surface area contributed by atoms with E-state index in [0.29, 0.717) is 4.47 Å². The quantitative estimate of drug-likeness (QED) is 0.262. The normalized spacial score (nSPS) is 9.00. The molecule has 0 fully saturated rings. The largest absolute Gasteiger partial charge is 0.283 e. The Morgan fingerprint density at radius 3 is 2.85 bits per heavy atom. The van der Waals surface area contributed by atoms with Crippen LogP contribution in [0.4, 0.5) is 11.4 Å². The minimum atomic E-state index is -0.555. The van der Waals surface area contributed by atoms with Crippen molar-refractivity contribution < 1.29 is 4.92 Å². The lowest BCUT2D eigenvalue weighted by molar-refractivity contribution is -0.385. The van der Waals surface area contributed by atoms with Crippen LogP contribution in [0.3, 0.4) is 0 Å². The van der Waals surface area contributed by atoms with Crippen LogP contribution in [0.5, 0.6) is 0 Å². The van der Waals surface area contributed by atoms with Crippen molar-refractivity contribution in [1.29, 1.82) is 0 Å². The lowest BCUT2D eigenvalue weighted by Crippen LogP contribution is -1.88. The van der Waals surface area contributed by atoms with Crippen LogP contribution in [-0.2, 0) is 0 Å². The summed E-state index contributed by atoms with van der Waals surface area (Å²) in [5.41, 5.74) is 8.19. The highest BCUT2D eigenvalue weighted by Gasteiger charge is 2.11. The van der Waals surface area contributed by atoms with E-state index in [2.05, 4.69) is 26.0 Å². The predicted molar refractivity (Wildman–Crippen MR) is 49.6 cm³/mol. The van der Waals surface area contributed by atoms with Crippen LogP contribution < -0.4 is 0 Å². The maximum atomic E-state index is 10.4. The molecule has 0 heterocycles. The average Bonchev–Trinajstić information content (AvgIpc) is 2.08. The molecule has 7 heteroatoms. The number of nitro groups is 1. The molecule has 6 nitrogen and oxygen atoms in total. The van der Waals surface area contributed by atoms with Crippen molar-refractivity contribution in [3.05, 3.63) is 43.2 Å². The van der Waals surface area contributed by atoms with Crippen LogP contribution in [0, 0.1) is 10.1 Å². The molecule has 1 rings (SSSR count). The first-order chi connectivity index (χ1) is 6.15. The second-order valence-corrected chi connectivity index (χ2v) is 2.94. The minimum Gasteiger partial charge on any atom is -0.258 e. The Kier molecular flexibility index (Phi) is 2.84. The molecule has 0 bridgehead atoms. The molecule has 13 heavy (non-hydrogen) atoms. The van der Waals surface area contributed by atoms with Gasteiger partial charge in [0.05, 0.1) is 9.40 Å². The average molecular weight is 243 g/mol. The molecule has 0 unspecified atom stereocenters. The van der Waals surface area contributed by atoms with Gasteiger partial charge in [0.2, 0.25) is 0 Å². The molecule has 0 radical (unpaired) electrons. The molecule has 66 valence electrons. The zero-order valence-electron chi connectivity index (χ0n) is 6.22. The number of nitro benzene ring substituents is 1. The highest BCUT2D eigenvalue weighted by atomic mass is 79.9. The van der Waals surface area contributed by atoms with Gasteiger partial charge >= 0.3 is 0 Å². The van der Waals surface area contributed by atoms with Crippen LogP contribution in [0.15, 0.2) is 27.8 Å². The highest BCUT2D eigenvalue weighted by Crippen LogP contribution is 2.28. The molecule has 0 aliphatic rings. The van der Waals surface area contributed by atoms with Gasteiger partial charge in [-0.15, -0.1) is 0 Å². The summed E-state index contributed by atoms with van der Waals surface area (Å²) < 4.78 is 0.356. The van der Waals surface area contributed by atoms with Gasteiger partial charge in [-0.2, -0.15) is 0 Å². The van der Waals surface area contributed by atoms with Gasteiger partial charge in [0.1, 0.15) is 0 Å². The Bertz CT molecular complexity index is 400. The Labute approximate surface area is 81.1 Å². The molecule has 0 saturated carbocycles. The molecule has 0 atom stereocenters. The molecule has 0 aromatic heterocycles. The van der Waals surface area contributed by atoms with Gasteiger partial charge in [-0.05, 0) is 27.5 Å². The summed E-state index contributed by atoms with van der Waals surface area (Å²) in [6.45, 7) is 0. The van der Waals surface area contributed by atoms with Crippen molar-refractivity contribution >= 4 is 27.3 Å². The molecule has 0 aliphatic heterocycles. The zero-order valence-corrected chi connectivity index (χ0v) is 7.80. The van der Waals surface area contributed by atoms with Crippen LogP contribution in [-0.4, -0.2) is 4.92 Å². The summed E-state index contributed by atoms with van der Waals surface area (Å²) in [4.78, 5) is 12.4. The second kappa shape index (κ2) is 3.88. The topological polar surface area (TPSA) is 91.9 Å². The number of rotatable bonds is 2. The molecule has 0 spiro atoms. The summed E-state index contributed by atoms with van der Waals surface area (Å²) in [5.74, 6) is 0. The third kappa shape index (κ3) is 2.17. The number of hydrogen-bond acceptors (Lipinski definition) is 3. The Morgan fingerprint density at radius 1 is 1.62 bits per heavy atom. The number of azide groups is 1. The maximum absolute atomic E-state index is 10.4. The maximum Gasteiger partial charge on any atom is 0.283 e. The first kappa shape index (κ1) is 9.50. The standard InChI is InChI=1S/C6H3BrN4O2/c7-5-2-1-4(9-10-8)3-6(5)11(12)13/h1-3H. The van der Waals surface area contributed by atoms with E-state index in [1.807, 2.05) is 0 Å². The fourth-order valence-electron chi connectivity index (χ4n) is 0.755. The Morgan fingerprint density at radius 2 is 2.31 bits per heavy atom. The zero-order chi connectivity index (χ0) is 9.84. The minimum absolute atomic E-state index is 0.120. The van der Waals surface area contributed by atoms with E-state index in [9.17, 15) is 10.1 Å². The molecule has 1 aromatic rings. The van der Waals surface area contributed by atoms with Gasteiger partial charge in [0.25, 0.3) is 5.69 Å². The molecule has 0 amide bonds. The first-order valence-electron chi connectivity index (χ1n) is 3.14. The van der Waals surface area contributed by atoms with Crippen LogP contribution >= 0.6 is 15.9 Å². The van der Waals surface area contributed by atoms with E-state index < -0.39 is 4.92 Å². The molecule has 0 N–H and O–H groups in total. The van der Waals surface area contributed by atoms with Crippen molar-refractivity contribution in [1.82, 2.24) is 0 Å². The summed E-state index contributed by atoms with van der Waals surface area (Å²) in [6, 6.07) is 4.14. The third-order valence-electron chi connectivity index (χ3n) is 1.29. The van der Waals surface area contributed by atoms with E-state index >= 15 is 0 Å². The van der Waals surface area contributed by atoms with Gasteiger partial charge < -0.3 is 0 Å². The van der Waals surface area contributed by atoms with Crippen LogP contribution in [0.2, 0.25) is 0 Å². The monoisotopic (exact) mass is 242 g/mol. The number of hydrogen-bond donors (Lipinski definition) is 0. The molecule has 1 aromatic carbocycles.